The lowest BCUT2D eigenvalue weighted by molar-refractivity contribution is -0.139. The Balaban J connectivity index is 1.38. The summed E-state index contributed by atoms with van der Waals surface area (Å²) >= 11 is 6.18. The molecule has 9 heteroatoms. The van der Waals surface area contributed by atoms with E-state index in [9.17, 15) is 18.0 Å². The highest BCUT2D eigenvalue weighted by molar-refractivity contribution is 7.92. The van der Waals surface area contributed by atoms with Crippen LogP contribution in [0.5, 0.6) is 0 Å². The second-order valence-corrected chi connectivity index (χ2v) is 15.0. The van der Waals surface area contributed by atoms with Crippen molar-refractivity contribution in [2.75, 3.05) is 23.7 Å². The van der Waals surface area contributed by atoms with Crippen LogP contribution in [0.1, 0.15) is 69.9 Å². The van der Waals surface area contributed by atoms with Crippen molar-refractivity contribution in [3.05, 3.63) is 64.7 Å². The Bertz CT molecular complexity index is 1340. The standard InChI is InChI=1S/C32H42ClN3O4S/c1-4-12-34-31(38)22(2)35(20-23-6-5-7-28(33)16-23)30(37)21-36(41(3,39)40)29-10-8-27(9-11-29)32-17-24-13-25(18-32)15-26(14-24)19-32/h5-11,16,22,24-26H,4,12-15,17-21H2,1-3H3,(H,34,38)/t22-,24?,25?,26?,32?/m1/s1. The van der Waals surface area contributed by atoms with Gasteiger partial charge in [0.25, 0.3) is 0 Å². The summed E-state index contributed by atoms with van der Waals surface area (Å²) in [7, 11) is -3.78. The normalized spacial score (nSPS) is 25.5. The molecular weight excluding hydrogens is 558 g/mol. The molecule has 0 radical (unpaired) electrons. The highest BCUT2D eigenvalue weighted by Gasteiger charge is 2.51. The van der Waals surface area contributed by atoms with E-state index in [1.54, 1.807) is 25.1 Å². The summed E-state index contributed by atoms with van der Waals surface area (Å²) in [6.45, 7) is 3.84. The molecule has 1 N–H and O–H groups in total. The van der Waals surface area contributed by atoms with Gasteiger partial charge in [-0.2, -0.15) is 0 Å². The first-order valence-electron chi connectivity index (χ1n) is 14.9. The highest BCUT2D eigenvalue weighted by Crippen LogP contribution is 2.60. The molecule has 2 amide bonds. The number of nitrogens with one attached hydrogen (secondary N) is 1. The van der Waals surface area contributed by atoms with Crippen LogP contribution in [0.2, 0.25) is 5.02 Å². The van der Waals surface area contributed by atoms with Gasteiger partial charge in [0.2, 0.25) is 21.8 Å². The Hall–Kier alpha value is -2.58. The number of hydrogen-bond acceptors (Lipinski definition) is 4. The Labute approximate surface area is 249 Å². The third-order valence-corrected chi connectivity index (χ3v) is 10.8. The molecule has 4 aliphatic carbocycles. The third-order valence-electron chi connectivity index (χ3n) is 9.44. The van der Waals surface area contributed by atoms with Crippen molar-refractivity contribution in [2.45, 2.75) is 76.8 Å². The number of halogens is 1. The van der Waals surface area contributed by atoms with Gasteiger partial charge in [-0.3, -0.25) is 13.9 Å². The van der Waals surface area contributed by atoms with Gasteiger partial charge in [-0.25, -0.2) is 8.42 Å². The molecule has 0 heterocycles. The second-order valence-electron chi connectivity index (χ2n) is 12.6. The average molecular weight is 600 g/mol. The quantitative estimate of drug-likeness (QED) is 0.369. The first kappa shape index (κ1) is 29.9. The molecule has 4 saturated carbocycles. The largest absolute Gasteiger partial charge is 0.354 e. The molecule has 6 rings (SSSR count). The molecule has 0 aliphatic heterocycles. The molecule has 0 saturated heterocycles. The van der Waals surface area contributed by atoms with Crippen LogP contribution < -0.4 is 9.62 Å². The molecule has 4 fully saturated rings. The van der Waals surface area contributed by atoms with Crippen molar-refractivity contribution >= 4 is 39.1 Å². The topological polar surface area (TPSA) is 86.8 Å². The van der Waals surface area contributed by atoms with Crippen molar-refractivity contribution < 1.29 is 18.0 Å². The number of hydrogen-bond donors (Lipinski definition) is 1. The molecule has 0 spiro atoms. The third kappa shape index (κ3) is 6.59. The van der Waals surface area contributed by atoms with E-state index in [-0.39, 0.29) is 17.9 Å². The first-order chi connectivity index (χ1) is 19.5. The molecule has 7 nitrogen and oxygen atoms in total. The Morgan fingerprint density at radius 1 is 1.02 bits per heavy atom. The second kappa shape index (κ2) is 12.0. The van der Waals surface area contributed by atoms with E-state index in [2.05, 4.69) is 17.4 Å². The van der Waals surface area contributed by atoms with Gasteiger partial charge in [0.15, 0.2) is 0 Å². The van der Waals surface area contributed by atoms with Crippen LogP contribution >= 0.6 is 11.6 Å². The Morgan fingerprint density at radius 3 is 2.17 bits per heavy atom. The van der Waals surface area contributed by atoms with Crippen LogP contribution in [0.4, 0.5) is 5.69 Å². The predicted molar refractivity (Wildman–Crippen MR) is 163 cm³/mol. The van der Waals surface area contributed by atoms with Crippen LogP contribution in [0.15, 0.2) is 48.5 Å². The number of sulfonamides is 1. The maximum absolute atomic E-state index is 13.8. The number of carbonyl (C=O) groups is 2. The van der Waals surface area contributed by atoms with Gasteiger partial charge in [0, 0.05) is 18.1 Å². The number of amides is 2. The maximum atomic E-state index is 13.8. The molecule has 2 aromatic carbocycles. The fraction of sp³-hybridized carbons (Fsp3) is 0.562. The number of carbonyl (C=O) groups excluding carboxylic acids is 2. The van der Waals surface area contributed by atoms with Crippen LogP contribution in [0.25, 0.3) is 0 Å². The molecule has 2 aromatic rings. The number of rotatable bonds is 11. The van der Waals surface area contributed by atoms with E-state index in [0.717, 1.165) is 40.3 Å². The SMILES string of the molecule is CCCNC(=O)[C@@H](C)N(Cc1cccc(Cl)c1)C(=O)CN(c1ccc(C23CC4CC(CC(C4)C2)C3)cc1)S(C)(=O)=O. The molecule has 41 heavy (non-hydrogen) atoms. The van der Waals surface area contributed by atoms with E-state index < -0.39 is 28.5 Å². The summed E-state index contributed by atoms with van der Waals surface area (Å²) in [5, 5.41) is 3.37. The lowest BCUT2D eigenvalue weighted by Gasteiger charge is -2.57. The van der Waals surface area contributed by atoms with Gasteiger partial charge < -0.3 is 10.2 Å². The lowest BCUT2D eigenvalue weighted by Crippen LogP contribution is -2.51. The fourth-order valence-corrected chi connectivity index (χ4v) is 8.93. The van der Waals surface area contributed by atoms with Gasteiger partial charge in [0.1, 0.15) is 12.6 Å². The molecule has 0 unspecified atom stereocenters. The van der Waals surface area contributed by atoms with Crippen molar-refractivity contribution in [3.8, 4) is 0 Å². The summed E-state index contributed by atoms with van der Waals surface area (Å²) in [5.74, 6) is 1.70. The summed E-state index contributed by atoms with van der Waals surface area (Å²) in [4.78, 5) is 28.1. The Kier molecular flexibility index (Phi) is 8.72. The van der Waals surface area contributed by atoms with Gasteiger partial charge in [-0.05, 0) is 110 Å². The van der Waals surface area contributed by atoms with Crippen LogP contribution in [0, 0.1) is 17.8 Å². The van der Waals surface area contributed by atoms with Gasteiger partial charge in [0.05, 0.1) is 11.9 Å². The summed E-state index contributed by atoms with van der Waals surface area (Å²) in [5.41, 5.74) is 2.71. The van der Waals surface area contributed by atoms with Crippen LogP contribution in [-0.2, 0) is 31.6 Å². The van der Waals surface area contributed by atoms with Crippen LogP contribution in [0.3, 0.4) is 0 Å². The molecule has 4 aliphatic rings. The van der Waals surface area contributed by atoms with Crippen molar-refractivity contribution in [1.82, 2.24) is 10.2 Å². The minimum absolute atomic E-state index is 0.128. The van der Waals surface area contributed by atoms with E-state index in [4.69, 9.17) is 11.6 Å². The van der Waals surface area contributed by atoms with E-state index >= 15 is 0 Å². The van der Waals surface area contributed by atoms with Crippen LogP contribution in [-0.4, -0.2) is 50.5 Å². The zero-order chi connectivity index (χ0) is 29.4. The number of nitrogens with zero attached hydrogens (tertiary/aromatic N) is 2. The monoisotopic (exact) mass is 599 g/mol. The lowest BCUT2D eigenvalue weighted by atomic mass is 9.48. The van der Waals surface area contributed by atoms with E-state index in [0.29, 0.717) is 17.3 Å². The predicted octanol–water partition coefficient (Wildman–Crippen LogP) is 5.52. The van der Waals surface area contributed by atoms with Gasteiger partial charge in [-0.15, -0.1) is 0 Å². The first-order valence-corrected chi connectivity index (χ1v) is 17.1. The summed E-state index contributed by atoms with van der Waals surface area (Å²) in [6.07, 6.45) is 9.65. The van der Waals surface area contributed by atoms with E-state index in [1.807, 2.05) is 25.1 Å². The van der Waals surface area contributed by atoms with Crippen molar-refractivity contribution in [3.63, 3.8) is 0 Å². The minimum Gasteiger partial charge on any atom is -0.354 e. The smallest absolute Gasteiger partial charge is 0.244 e. The average Bonchev–Trinajstić information content (AvgIpc) is 2.91. The van der Waals surface area contributed by atoms with Gasteiger partial charge in [-0.1, -0.05) is 42.8 Å². The summed E-state index contributed by atoms with van der Waals surface area (Å²) in [6, 6.07) is 14.2. The number of anilines is 1. The zero-order valence-corrected chi connectivity index (χ0v) is 25.9. The maximum Gasteiger partial charge on any atom is 0.244 e. The highest BCUT2D eigenvalue weighted by atomic mass is 35.5. The molecule has 4 bridgehead atoms. The van der Waals surface area contributed by atoms with E-state index in [1.165, 1.54) is 49.0 Å². The van der Waals surface area contributed by atoms with Crippen molar-refractivity contribution in [1.29, 1.82) is 0 Å². The molecule has 1 atom stereocenters. The van der Waals surface area contributed by atoms with Gasteiger partial charge >= 0.3 is 0 Å². The molecule has 0 aromatic heterocycles. The summed E-state index contributed by atoms with van der Waals surface area (Å²) < 4.78 is 27.2. The Morgan fingerprint density at radius 2 is 1.63 bits per heavy atom. The number of benzene rings is 2. The zero-order valence-electron chi connectivity index (χ0n) is 24.3. The molecule has 222 valence electrons. The fourth-order valence-electron chi connectivity index (χ4n) is 7.87. The van der Waals surface area contributed by atoms with Crippen molar-refractivity contribution in [2.24, 2.45) is 17.8 Å². The minimum atomic E-state index is -3.78. The molecular formula is C32H42ClN3O4S.